The molecule has 0 spiro atoms. The first-order valence-corrected chi connectivity index (χ1v) is 7.41. The zero-order valence-electron chi connectivity index (χ0n) is 13.4. The summed E-state index contributed by atoms with van der Waals surface area (Å²) in [5.41, 5.74) is 1.73. The van der Waals surface area contributed by atoms with Gasteiger partial charge in [0.2, 0.25) is 0 Å². The van der Waals surface area contributed by atoms with E-state index in [2.05, 4.69) is 25.3 Å². The van der Waals surface area contributed by atoms with Gasteiger partial charge in [-0.25, -0.2) is 19.0 Å². The van der Waals surface area contributed by atoms with Crippen LogP contribution in [0.25, 0.3) is 16.7 Å². The smallest absolute Gasteiger partial charge is 0.168 e. The highest BCUT2D eigenvalue weighted by Crippen LogP contribution is 2.26. The first kappa shape index (κ1) is 15.4. The van der Waals surface area contributed by atoms with Gasteiger partial charge in [0.15, 0.2) is 5.65 Å². The molecule has 0 fully saturated rings. The van der Waals surface area contributed by atoms with Crippen molar-refractivity contribution in [3.8, 4) is 5.69 Å². The quantitative estimate of drug-likeness (QED) is 0.782. The predicted octanol–water partition coefficient (Wildman–Crippen LogP) is 2.24. The van der Waals surface area contributed by atoms with Gasteiger partial charge in [-0.1, -0.05) is 12.1 Å². The molecule has 0 saturated heterocycles. The van der Waals surface area contributed by atoms with E-state index in [4.69, 9.17) is 0 Å². The Balaban J connectivity index is 2.05. The van der Waals surface area contributed by atoms with Crippen molar-refractivity contribution in [3.05, 3.63) is 42.1 Å². The van der Waals surface area contributed by atoms with Crippen LogP contribution in [0.3, 0.4) is 0 Å². The number of anilines is 1. The zero-order valence-corrected chi connectivity index (χ0v) is 13.4. The molecule has 0 aliphatic rings. The van der Waals surface area contributed by atoms with Gasteiger partial charge >= 0.3 is 0 Å². The fraction of sp³-hybridized carbons (Fsp3) is 0.312. The summed E-state index contributed by atoms with van der Waals surface area (Å²) in [6.45, 7) is 3.51. The number of rotatable bonds is 5. The van der Waals surface area contributed by atoms with Crippen molar-refractivity contribution >= 4 is 16.9 Å². The standard InChI is InChI=1S/C16H19FN6/c1-11-14-15(18-8-9-22(2)3)19-10-20-16(14)23(21-11)13-7-5-4-6-12(13)17/h4-7,10H,8-9H2,1-3H3,(H,18,19,20). The van der Waals surface area contributed by atoms with Crippen molar-refractivity contribution in [2.24, 2.45) is 0 Å². The fourth-order valence-electron chi connectivity index (χ4n) is 2.44. The second kappa shape index (κ2) is 6.29. The van der Waals surface area contributed by atoms with Gasteiger partial charge in [0.25, 0.3) is 0 Å². The predicted molar refractivity (Wildman–Crippen MR) is 88.4 cm³/mol. The third-order valence-corrected chi connectivity index (χ3v) is 3.57. The van der Waals surface area contributed by atoms with E-state index in [1.807, 2.05) is 21.0 Å². The third kappa shape index (κ3) is 3.00. The molecule has 1 N–H and O–H groups in total. The molecule has 1 aromatic carbocycles. The Bertz CT molecular complexity index is 827. The number of aryl methyl sites for hydroxylation is 1. The highest BCUT2D eigenvalue weighted by Gasteiger charge is 2.16. The number of aromatic nitrogens is 4. The van der Waals surface area contributed by atoms with Crippen LogP contribution < -0.4 is 5.32 Å². The van der Waals surface area contributed by atoms with Crippen molar-refractivity contribution in [3.63, 3.8) is 0 Å². The molecule has 3 rings (SSSR count). The number of nitrogens with zero attached hydrogens (tertiary/aromatic N) is 5. The van der Waals surface area contributed by atoms with Crippen LogP contribution in [-0.2, 0) is 0 Å². The Morgan fingerprint density at radius 1 is 1.22 bits per heavy atom. The minimum absolute atomic E-state index is 0.336. The van der Waals surface area contributed by atoms with E-state index < -0.39 is 0 Å². The van der Waals surface area contributed by atoms with Crippen LogP contribution in [0.5, 0.6) is 0 Å². The van der Waals surface area contributed by atoms with Crippen LogP contribution in [0.15, 0.2) is 30.6 Å². The van der Waals surface area contributed by atoms with Crippen LogP contribution in [-0.4, -0.2) is 51.8 Å². The van der Waals surface area contributed by atoms with Gasteiger partial charge in [0.05, 0.1) is 11.1 Å². The fourth-order valence-corrected chi connectivity index (χ4v) is 2.44. The van der Waals surface area contributed by atoms with Gasteiger partial charge in [-0.3, -0.25) is 0 Å². The third-order valence-electron chi connectivity index (χ3n) is 3.57. The van der Waals surface area contributed by atoms with E-state index in [0.29, 0.717) is 11.3 Å². The average Bonchev–Trinajstić information content (AvgIpc) is 2.85. The number of nitrogens with one attached hydrogen (secondary N) is 1. The second-order valence-corrected chi connectivity index (χ2v) is 5.60. The van der Waals surface area contributed by atoms with Crippen molar-refractivity contribution in [2.45, 2.75) is 6.92 Å². The van der Waals surface area contributed by atoms with Crippen LogP contribution in [0.2, 0.25) is 0 Å². The molecule has 0 amide bonds. The summed E-state index contributed by atoms with van der Waals surface area (Å²) >= 11 is 0. The summed E-state index contributed by atoms with van der Waals surface area (Å²) in [5.74, 6) is 0.384. The van der Waals surface area contributed by atoms with E-state index in [1.54, 1.807) is 18.2 Å². The molecule has 0 saturated carbocycles. The Kier molecular flexibility index (Phi) is 4.20. The minimum Gasteiger partial charge on any atom is -0.368 e. The first-order valence-electron chi connectivity index (χ1n) is 7.41. The van der Waals surface area contributed by atoms with E-state index in [-0.39, 0.29) is 5.82 Å². The molecule has 0 atom stereocenters. The lowest BCUT2D eigenvalue weighted by Gasteiger charge is -2.11. The number of hydrogen-bond donors (Lipinski definition) is 1. The summed E-state index contributed by atoms with van der Waals surface area (Å²) in [4.78, 5) is 10.7. The number of fused-ring (bicyclic) bond motifs is 1. The highest BCUT2D eigenvalue weighted by molar-refractivity contribution is 5.90. The molecule has 3 aromatic rings. The van der Waals surface area contributed by atoms with Gasteiger partial charge in [-0.2, -0.15) is 5.10 Å². The maximum Gasteiger partial charge on any atom is 0.168 e. The maximum absolute atomic E-state index is 14.1. The molecule has 7 heteroatoms. The lowest BCUT2D eigenvalue weighted by Crippen LogP contribution is -2.21. The highest BCUT2D eigenvalue weighted by atomic mass is 19.1. The van der Waals surface area contributed by atoms with Crippen molar-refractivity contribution < 1.29 is 4.39 Å². The van der Waals surface area contributed by atoms with Crippen molar-refractivity contribution in [2.75, 3.05) is 32.5 Å². The number of para-hydroxylation sites is 1. The molecular weight excluding hydrogens is 295 g/mol. The molecule has 120 valence electrons. The molecule has 0 aliphatic heterocycles. The van der Waals surface area contributed by atoms with Crippen molar-refractivity contribution in [1.29, 1.82) is 0 Å². The summed E-state index contributed by atoms with van der Waals surface area (Å²) in [5, 5.41) is 8.56. The van der Waals surface area contributed by atoms with E-state index >= 15 is 0 Å². The minimum atomic E-state index is -0.336. The molecule has 2 aromatic heterocycles. The van der Waals surface area contributed by atoms with Crippen LogP contribution >= 0.6 is 0 Å². The summed E-state index contributed by atoms with van der Waals surface area (Å²) in [6, 6.07) is 6.53. The lowest BCUT2D eigenvalue weighted by atomic mass is 10.3. The largest absolute Gasteiger partial charge is 0.368 e. The topological polar surface area (TPSA) is 58.9 Å². The molecule has 0 aliphatic carbocycles. The summed E-state index contributed by atoms with van der Waals surface area (Å²) < 4.78 is 15.6. The number of halogens is 1. The molecule has 2 heterocycles. The Labute approximate surface area is 134 Å². The van der Waals surface area contributed by atoms with Crippen LogP contribution in [0.1, 0.15) is 5.69 Å². The molecule has 23 heavy (non-hydrogen) atoms. The SMILES string of the molecule is Cc1nn(-c2ccccc2F)c2ncnc(NCCN(C)C)c12. The number of likely N-dealkylation sites (N-methyl/N-ethyl adjacent to an activating group) is 1. The van der Waals surface area contributed by atoms with Gasteiger partial charge in [-0.05, 0) is 33.2 Å². The van der Waals surface area contributed by atoms with Crippen molar-refractivity contribution in [1.82, 2.24) is 24.6 Å². The first-order chi connectivity index (χ1) is 11.1. The van der Waals surface area contributed by atoms with Crippen LogP contribution in [0.4, 0.5) is 10.2 Å². The molecule has 0 unspecified atom stereocenters. The number of benzene rings is 1. The second-order valence-electron chi connectivity index (χ2n) is 5.60. The molecule has 0 radical (unpaired) electrons. The molecule has 0 bridgehead atoms. The summed E-state index contributed by atoms with van der Waals surface area (Å²) in [6.07, 6.45) is 1.47. The monoisotopic (exact) mass is 314 g/mol. The zero-order chi connectivity index (χ0) is 16.4. The van der Waals surface area contributed by atoms with Gasteiger partial charge in [-0.15, -0.1) is 0 Å². The Hall–Kier alpha value is -2.54. The maximum atomic E-state index is 14.1. The number of hydrogen-bond acceptors (Lipinski definition) is 5. The lowest BCUT2D eigenvalue weighted by molar-refractivity contribution is 0.425. The van der Waals surface area contributed by atoms with E-state index in [0.717, 1.165) is 30.0 Å². The van der Waals surface area contributed by atoms with E-state index in [1.165, 1.54) is 17.1 Å². The Morgan fingerprint density at radius 3 is 2.74 bits per heavy atom. The van der Waals surface area contributed by atoms with Gasteiger partial charge in [0, 0.05) is 13.1 Å². The Morgan fingerprint density at radius 2 is 2.00 bits per heavy atom. The normalized spacial score (nSPS) is 11.3. The molecular formula is C16H19FN6. The van der Waals surface area contributed by atoms with Gasteiger partial charge < -0.3 is 10.2 Å². The summed E-state index contributed by atoms with van der Waals surface area (Å²) in [7, 11) is 4.03. The van der Waals surface area contributed by atoms with Crippen LogP contribution in [0, 0.1) is 12.7 Å². The van der Waals surface area contributed by atoms with Gasteiger partial charge in [0.1, 0.15) is 23.6 Å². The van der Waals surface area contributed by atoms with E-state index in [9.17, 15) is 4.39 Å². The average molecular weight is 314 g/mol. The molecule has 6 nitrogen and oxygen atoms in total.